The highest BCUT2D eigenvalue weighted by Gasteiger charge is 2.10. The lowest BCUT2D eigenvalue weighted by molar-refractivity contribution is 1.03. The Morgan fingerprint density at radius 1 is 1.00 bits per heavy atom. The average molecular weight is 268 g/mol. The van der Waals surface area contributed by atoms with Gasteiger partial charge in [-0.2, -0.15) is 5.26 Å². The van der Waals surface area contributed by atoms with Gasteiger partial charge in [0, 0.05) is 10.6 Å². The largest absolute Gasteiger partial charge is 0.245 e. The lowest BCUT2D eigenvalue weighted by Gasteiger charge is -2.08. The van der Waals surface area contributed by atoms with E-state index in [-0.39, 0.29) is 0 Å². The molecule has 0 N–H and O–H groups in total. The lowest BCUT2D eigenvalue weighted by atomic mass is 10.1. The summed E-state index contributed by atoms with van der Waals surface area (Å²) in [7, 11) is 0. The fourth-order valence-corrected chi connectivity index (χ4v) is 2.99. The minimum atomic E-state index is 0.675. The molecular weight excluding hydrogens is 252 g/mol. The van der Waals surface area contributed by atoms with Gasteiger partial charge in [0.05, 0.1) is 5.56 Å². The molecule has 3 heteroatoms. The maximum atomic E-state index is 9.26. The first-order valence-electron chi connectivity index (χ1n) is 6.14. The molecule has 0 bridgehead atoms. The molecule has 2 rings (SSSR count). The Kier molecular flexibility index (Phi) is 3.92. The summed E-state index contributed by atoms with van der Waals surface area (Å²) in [5.41, 5.74) is 5.14. The molecule has 2 aromatic rings. The lowest BCUT2D eigenvalue weighted by Crippen LogP contribution is -1.94. The van der Waals surface area contributed by atoms with E-state index in [0.717, 1.165) is 21.2 Å². The van der Waals surface area contributed by atoms with E-state index >= 15 is 0 Å². The van der Waals surface area contributed by atoms with Gasteiger partial charge in [-0.05, 0) is 62.6 Å². The minimum Gasteiger partial charge on any atom is -0.245 e. The Morgan fingerprint density at radius 2 is 1.74 bits per heavy atom. The number of hydrogen-bond donors (Lipinski definition) is 0. The van der Waals surface area contributed by atoms with Gasteiger partial charge in [-0.25, -0.2) is 4.98 Å². The molecule has 0 radical (unpaired) electrons. The van der Waals surface area contributed by atoms with Crippen molar-refractivity contribution in [3.8, 4) is 6.07 Å². The van der Waals surface area contributed by atoms with Gasteiger partial charge in [0.15, 0.2) is 0 Å². The molecule has 0 amide bonds. The van der Waals surface area contributed by atoms with Crippen LogP contribution >= 0.6 is 11.8 Å². The molecule has 0 saturated carbocycles. The standard InChI is InChI=1S/C16H16N2S/c1-10-5-6-14(8-11(10)2)19-16-15(9-17)12(3)7-13(4)18-16/h5-8H,1-4H3. The quantitative estimate of drug-likeness (QED) is 0.813. The van der Waals surface area contributed by atoms with Gasteiger partial charge in [-0.3, -0.25) is 0 Å². The van der Waals surface area contributed by atoms with Gasteiger partial charge in [-0.15, -0.1) is 0 Å². The molecule has 0 aliphatic heterocycles. The van der Waals surface area contributed by atoms with Crippen LogP contribution in [0.1, 0.15) is 27.9 Å². The van der Waals surface area contributed by atoms with E-state index in [1.165, 1.54) is 11.1 Å². The van der Waals surface area contributed by atoms with Gasteiger partial charge < -0.3 is 0 Å². The van der Waals surface area contributed by atoms with Crippen LogP contribution in [0, 0.1) is 39.0 Å². The van der Waals surface area contributed by atoms with Gasteiger partial charge in [-0.1, -0.05) is 17.8 Å². The highest BCUT2D eigenvalue weighted by atomic mass is 32.2. The average Bonchev–Trinajstić information content (AvgIpc) is 2.33. The molecule has 0 saturated heterocycles. The van der Waals surface area contributed by atoms with Crippen molar-refractivity contribution < 1.29 is 0 Å². The molecule has 96 valence electrons. The Morgan fingerprint density at radius 3 is 2.37 bits per heavy atom. The van der Waals surface area contributed by atoms with Crippen LogP contribution in [0.4, 0.5) is 0 Å². The number of aromatic nitrogens is 1. The maximum absolute atomic E-state index is 9.26. The number of hydrogen-bond acceptors (Lipinski definition) is 3. The highest BCUT2D eigenvalue weighted by molar-refractivity contribution is 7.99. The second kappa shape index (κ2) is 5.46. The number of rotatable bonds is 2. The smallest absolute Gasteiger partial charge is 0.119 e. The summed E-state index contributed by atoms with van der Waals surface area (Å²) in [6, 6.07) is 10.5. The molecule has 0 unspecified atom stereocenters. The van der Waals surface area contributed by atoms with Gasteiger partial charge in [0.25, 0.3) is 0 Å². The summed E-state index contributed by atoms with van der Waals surface area (Å²) in [6.07, 6.45) is 0. The van der Waals surface area contributed by atoms with Gasteiger partial charge >= 0.3 is 0 Å². The van der Waals surface area contributed by atoms with E-state index in [1.54, 1.807) is 11.8 Å². The zero-order valence-electron chi connectivity index (χ0n) is 11.6. The minimum absolute atomic E-state index is 0.675. The van der Waals surface area contributed by atoms with Crippen molar-refractivity contribution in [2.45, 2.75) is 37.6 Å². The van der Waals surface area contributed by atoms with Crippen molar-refractivity contribution in [2.24, 2.45) is 0 Å². The van der Waals surface area contributed by atoms with Crippen LogP contribution in [-0.2, 0) is 0 Å². The summed E-state index contributed by atoms with van der Waals surface area (Å²) >= 11 is 1.56. The van der Waals surface area contributed by atoms with Crippen LogP contribution in [0.5, 0.6) is 0 Å². The van der Waals surface area contributed by atoms with Crippen molar-refractivity contribution in [1.82, 2.24) is 4.98 Å². The third kappa shape index (κ3) is 2.97. The van der Waals surface area contributed by atoms with Gasteiger partial charge in [0.2, 0.25) is 0 Å². The summed E-state index contributed by atoms with van der Waals surface area (Å²) in [5, 5.41) is 10.1. The van der Waals surface area contributed by atoms with E-state index in [9.17, 15) is 5.26 Å². The molecule has 1 aromatic carbocycles. The molecule has 2 nitrogen and oxygen atoms in total. The maximum Gasteiger partial charge on any atom is 0.119 e. The second-order valence-electron chi connectivity index (χ2n) is 4.72. The molecule has 1 aromatic heterocycles. The second-order valence-corrected chi connectivity index (χ2v) is 5.78. The molecule has 0 aliphatic carbocycles. The predicted octanol–water partition coefficient (Wildman–Crippen LogP) is 4.34. The Bertz CT molecular complexity index is 669. The van der Waals surface area contributed by atoms with E-state index in [4.69, 9.17) is 0 Å². The number of aryl methyl sites for hydroxylation is 4. The first-order chi connectivity index (χ1) is 9.01. The van der Waals surface area contributed by atoms with Crippen LogP contribution in [-0.4, -0.2) is 4.98 Å². The Labute approximate surface area is 118 Å². The van der Waals surface area contributed by atoms with E-state index in [2.05, 4.69) is 43.1 Å². The van der Waals surface area contributed by atoms with Crippen molar-refractivity contribution in [3.63, 3.8) is 0 Å². The van der Waals surface area contributed by atoms with Crippen LogP contribution < -0.4 is 0 Å². The molecule has 0 aliphatic rings. The fourth-order valence-electron chi connectivity index (χ4n) is 1.90. The molecular formula is C16H16N2S. The van der Waals surface area contributed by atoms with Crippen LogP contribution in [0.2, 0.25) is 0 Å². The topological polar surface area (TPSA) is 36.7 Å². The van der Waals surface area contributed by atoms with Crippen LogP contribution in [0.3, 0.4) is 0 Å². The number of nitriles is 1. The Balaban J connectivity index is 2.43. The zero-order valence-corrected chi connectivity index (χ0v) is 12.4. The molecule has 0 spiro atoms. The normalized spacial score (nSPS) is 10.3. The summed E-state index contributed by atoms with van der Waals surface area (Å²) in [4.78, 5) is 5.61. The molecule has 0 atom stereocenters. The predicted molar refractivity (Wildman–Crippen MR) is 78.5 cm³/mol. The van der Waals surface area contributed by atoms with E-state index in [0.29, 0.717) is 5.56 Å². The molecule has 19 heavy (non-hydrogen) atoms. The van der Waals surface area contributed by atoms with Crippen LogP contribution in [0.25, 0.3) is 0 Å². The number of nitrogens with zero attached hydrogens (tertiary/aromatic N) is 2. The van der Waals surface area contributed by atoms with Crippen molar-refractivity contribution in [2.75, 3.05) is 0 Å². The van der Waals surface area contributed by atoms with Crippen molar-refractivity contribution in [3.05, 3.63) is 52.2 Å². The van der Waals surface area contributed by atoms with Gasteiger partial charge in [0.1, 0.15) is 11.1 Å². The van der Waals surface area contributed by atoms with E-state index < -0.39 is 0 Å². The fraction of sp³-hybridized carbons (Fsp3) is 0.250. The monoisotopic (exact) mass is 268 g/mol. The summed E-state index contributed by atoms with van der Waals surface area (Å²) in [6.45, 7) is 8.11. The van der Waals surface area contributed by atoms with E-state index in [1.807, 2.05) is 19.9 Å². The zero-order chi connectivity index (χ0) is 14.0. The highest BCUT2D eigenvalue weighted by Crippen LogP contribution is 2.31. The first-order valence-corrected chi connectivity index (χ1v) is 6.96. The first kappa shape index (κ1) is 13.6. The third-order valence-electron chi connectivity index (χ3n) is 3.12. The molecule has 0 fully saturated rings. The number of pyridine rings is 1. The van der Waals surface area contributed by atoms with Crippen molar-refractivity contribution in [1.29, 1.82) is 5.26 Å². The SMILES string of the molecule is Cc1cc(C)c(C#N)c(Sc2ccc(C)c(C)c2)n1. The molecule has 1 heterocycles. The van der Waals surface area contributed by atoms with Crippen LogP contribution in [0.15, 0.2) is 34.2 Å². The van der Waals surface area contributed by atoms with Crippen molar-refractivity contribution >= 4 is 11.8 Å². The number of benzene rings is 1. The summed E-state index contributed by atoms with van der Waals surface area (Å²) < 4.78 is 0. The summed E-state index contributed by atoms with van der Waals surface area (Å²) in [5.74, 6) is 0. The Hall–Kier alpha value is -1.79. The third-order valence-corrected chi connectivity index (χ3v) is 4.09.